The summed E-state index contributed by atoms with van der Waals surface area (Å²) in [6.07, 6.45) is 0.494. The van der Waals surface area contributed by atoms with E-state index in [0.717, 1.165) is 5.56 Å². The molecule has 0 spiro atoms. The highest BCUT2D eigenvalue weighted by molar-refractivity contribution is 7.89. The number of aryl methyl sites for hydroxylation is 1. The molecule has 31 heavy (non-hydrogen) atoms. The van der Waals surface area contributed by atoms with Crippen LogP contribution in [-0.2, 0) is 21.2 Å². The largest absolute Gasteiger partial charge is 0.496 e. The summed E-state index contributed by atoms with van der Waals surface area (Å²) in [7, 11) is -2.35. The van der Waals surface area contributed by atoms with Gasteiger partial charge in [0.2, 0.25) is 15.9 Å². The quantitative estimate of drug-likeness (QED) is 0.550. The number of nitrogens with zero attached hydrogens (tertiary/aromatic N) is 1. The molecule has 0 radical (unpaired) electrons. The third-order valence-electron chi connectivity index (χ3n) is 4.87. The van der Waals surface area contributed by atoms with E-state index < -0.39 is 15.9 Å². The Bertz CT molecular complexity index is 1120. The van der Waals surface area contributed by atoms with Crippen LogP contribution in [0.25, 0.3) is 0 Å². The first kappa shape index (κ1) is 22.5. The number of carbonyl (C=O) groups is 1. The van der Waals surface area contributed by atoms with Gasteiger partial charge in [0.25, 0.3) is 0 Å². The molecule has 0 atom stereocenters. The van der Waals surface area contributed by atoms with Gasteiger partial charge in [0.05, 0.1) is 18.6 Å². The first-order valence-corrected chi connectivity index (χ1v) is 11.4. The van der Waals surface area contributed by atoms with Gasteiger partial charge in [-0.3, -0.25) is 4.79 Å². The van der Waals surface area contributed by atoms with Gasteiger partial charge in [0.1, 0.15) is 5.75 Å². The maximum atomic E-state index is 13.4. The number of hydrogen-bond donors (Lipinski definition) is 1. The van der Waals surface area contributed by atoms with Crippen LogP contribution in [0.15, 0.2) is 83.8 Å². The minimum Gasteiger partial charge on any atom is -0.496 e. The Morgan fingerprint density at radius 1 is 0.968 bits per heavy atom. The van der Waals surface area contributed by atoms with E-state index >= 15 is 0 Å². The van der Waals surface area contributed by atoms with Crippen LogP contribution in [0.5, 0.6) is 5.75 Å². The van der Waals surface area contributed by atoms with Gasteiger partial charge in [-0.05, 0) is 54.8 Å². The van der Waals surface area contributed by atoms with Gasteiger partial charge in [-0.25, -0.2) is 8.42 Å². The highest BCUT2D eigenvalue weighted by Gasteiger charge is 2.27. The second-order valence-electron chi connectivity index (χ2n) is 7.12. The number of anilines is 1. The maximum absolute atomic E-state index is 13.4. The second-order valence-corrected chi connectivity index (χ2v) is 9.06. The highest BCUT2D eigenvalue weighted by Crippen LogP contribution is 2.24. The average molecular weight is 439 g/mol. The number of benzene rings is 3. The third kappa shape index (κ3) is 5.93. The van der Waals surface area contributed by atoms with Crippen LogP contribution in [0.2, 0.25) is 0 Å². The number of sulfonamides is 1. The summed E-state index contributed by atoms with van der Waals surface area (Å²) in [6, 6.07) is 23.3. The molecule has 3 aromatic rings. The summed E-state index contributed by atoms with van der Waals surface area (Å²) < 4.78 is 33.3. The number of para-hydroxylation sites is 1. The number of carbonyl (C=O) groups excluding carboxylic acids is 1. The lowest BCUT2D eigenvalue weighted by Crippen LogP contribution is -2.39. The highest BCUT2D eigenvalue weighted by atomic mass is 32.2. The molecule has 1 N–H and O–H groups in total. The van der Waals surface area contributed by atoms with E-state index in [1.54, 1.807) is 43.3 Å². The molecule has 3 aromatic carbocycles. The summed E-state index contributed by atoms with van der Waals surface area (Å²) in [5.74, 6) is 0.213. The third-order valence-corrected chi connectivity index (χ3v) is 6.72. The molecule has 3 rings (SSSR count). The fourth-order valence-corrected chi connectivity index (χ4v) is 4.71. The Morgan fingerprint density at radius 2 is 1.61 bits per heavy atom. The smallest absolute Gasteiger partial charge is 0.243 e. The normalized spacial score (nSPS) is 11.3. The van der Waals surface area contributed by atoms with Crippen LogP contribution in [0.3, 0.4) is 0 Å². The number of hydrogen-bond acceptors (Lipinski definition) is 4. The van der Waals surface area contributed by atoms with Crippen molar-refractivity contribution in [2.45, 2.75) is 18.2 Å². The number of amides is 1. The summed E-state index contributed by atoms with van der Waals surface area (Å²) >= 11 is 0. The van der Waals surface area contributed by atoms with Gasteiger partial charge >= 0.3 is 0 Å². The molecule has 0 fully saturated rings. The van der Waals surface area contributed by atoms with Crippen molar-refractivity contribution in [1.29, 1.82) is 0 Å². The standard InChI is InChI=1S/C24H26N2O4S/c1-19-17-22(13-14-23(19)30-2)31(28,29)26(16-15-20-9-5-3-6-10-20)18-24(27)25-21-11-7-4-8-12-21/h3-14,17H,15-16,18H2,1-2H3,(H,25,27). The molecule has 0 aliphatic rings. The molecule has 0 heterocycles. The zero-order valence-electron chi connectivity index (χ0n) is 17.6. The summed E-state index contributed by atoms with van der Waals surface area (Å²) in [5.41, 5.74) is 2.32. The van der Waals surface area contributed by atoms with Crippen molar-refractivity contribution < 1.29 is 17.9 Å². The van der Waals surface area contributed by atoms with Crippen LogP contribution in [0, 0.1) is 6.92 Å². The zero-order chi connectivity index (χ0) is 22.3. The van der Waals surface area contributed by atoms with E-state index in [4.69, 9.17) is 4.74 Å². The lowest BCUT2D eigenvalue weighted by Gasteiger charge is -2.22. The fraction of sp³-hybridized carbons (Fsp3) is 0.208. The molecule has 0 bridgehead atoms. The van der Waals surface area contributed by atoms with Gasteiger partial charge in [-0.2, -0.15) is 4.31 Å². The van der Waals surface area contributed by atoms with Crippen LogP contribution in [0.4, 0.5) is 5.69 Å². The molecule has 0 aliphatic heterocycles. The number of nitrogens with one attached hydrogen (secondary N) is 1. The van der Waals surface area contributed by atoms with E-state index in [1.165, 1.54) is 17.5 Å². The van der Waals surface area contributed by atoms with Crippen LogP contribution < -0.4 is 10.1 Å². The molecule has 1 amide bonds. The predicted octanol–water partition coefficient (Wildman–Crippen LogP) is 3.88. The average Bonchev–Trinajstić information content (AvgIpc) is 2.77. The van der Waals surface area contributed by atoms with Crippen molar-refractivity contribution in [2.24, 2.45) is 0 Å². The SMILES string of the molecule is COc1ccc(S(=O)(=O)N(CCc2ccccc2)CC(=O)Nc2ccccc2)cc1C. The number of methoxy groups -OCH3 is 1. The van der Waals surface area contributed by atoms with E-state index in [9.17, 15) is 13.2 Å². The molecule has 6 nitrogen and oxygen atoms in total. The molecule has 0 saturated heterocycles. The minimum atomic E-state index is -3.89. The second kappa shape index (κ2) is 10.2. The van der Waals surface area contributed by atoms with Gasteiger partial charge in [0.15, 0.2) is 0 Å². The summed E-state index contributed by atoms with van der Waals surface area (Å²) in [4.78, 5) is 12.8. The first-order valence-electron chi connectivity index (χ1n) is 9.94. The van der Waals surface area contributed by atoms with E-state index in [1.807, 2.05) is 36.4 Å². The molecular weight excluding hydrogens is 412 g/mol. The van der Waals surface area contributed by atoms with Crippen molar-refractivity contribution in [3.63, 3.8) is 0 Å². The Hall–Kier alpha value is -3.16. The van der Waals surface area contributed by atoms with Crippen LogP contribution in [0.1, 0.15) is 11.1 Å². The molecule has 7 heteroatoms. The molecule has 0 unspecified atom stereocenters. The first-order chi connectivity index (χ1) is 14.9. The number of rotatable bonds is 9. The zero-order valence-corrected chi connectivity index (χ0v) is 18.4. The van der Waals surface area contributed by atoms with Crippen molar-refractivity contribution in [3.8, 4) is 5.75 Å². The predicted molar refractivity (Wildman–Crippen MR) is 122 cm³/mol. The lowest BCUT2D eigenvalue weighted by atomic mass is 10.1. The Balaban J connectivity index is 1.84. The van der Waals surface area contributed by atoms with E-state index in [0.29, 0.717) is 23.4 Å². The van der Waals surface area contributed by atoms with Crippen molar-refractivity contribution in [3.05, 3.63) is 90.0 Å². The van der Waals surface area contributed by atoms with Crippen molar-refractivity contribution in [1.82, 2.24) is 4.31 Å². The summed E-state index contributed by atoms with van der Waals surface area (Å²) in [5, 5.41) is 2.76. The lowest BCUT2D eigenvalue weighted by molar-refractivity contribution is -0.116. The van der Waals surface area contributed by atoms with Crippen LogP contribution >= 0.6 is 0 Å². The van der Waals surface area contributed by atoms with Gasteiger partial charge in [-0.1, -0.05) is 48.5 Å². The maximum Gasteiger partial charge on any atom is 0.243 e. The van der Waals surface area contributed by atoms with Gasteiger partial charge in [-0.15, -0.1) is 0 Å². The van der Waals surface area contributed by atoms with Crippen molar-refractivity contribution >= 4 is 21.6 Å². The monoisotopic (exact) mass is 438 g/mol. The Morgan fingerprint density at radius 3 is 2.23 bits per heavy atom. The van der Waals surface area contributed by atoms with E-state index in [2.05, 4.69) is 5.32 Å². The molecule has 162 valence electrons. The van der Waals surface area contributed by atoms with Crippen molar-refractivity contribution in [2.75, 3.05) is 25.5 Å². The Kier molecular flexibility index (Phi) is 7.44. The van der Waals surface area contributed by atoms with Crippen LogP contribution in [-0.4, -0.2) is 38.8 Å². The topological polar surface area (TPSA) is 75.7 Å². The minimum absolute atomic E-state index is 0.131. The fourth-order valence-electron chi connectivity index (χ4n) is 3.23. The molecule has 0 saturated carbocycles. The molecular formula is C24H26N2O4S. The number of ether oxygens (including phenoxy) is 1. The van der Waals surface area contributed by atoms with Gasteiger partial charge < -0.3 is 10.1 Å². The van der Waals surface area contributed by atoms with E-state index in [-0.39, 0.29) is 18.0 Å². The molecule has 0 aliphatic carbocycles. The summed E-state index contributed by atoms with van der Waals surface area (Å²) in [6.45, 7) is 1.68. The van der Waals surface area contributed by atoms with Gasteiger partial charge in [0, 0.05) is 12.2 Å². The molecule has 0 aromatic heterocycles. The Labute approximate surface area is 183 Å².